The molecule has 4 heteroatoms. The lowest BCUT2D eigenvalue weighted by atomic mass is 10.1. The standard InChI is InChI=1S/C18H18ClFO2/c19-10-2-1-9-18(21)15-6-4-8-17(12-15)22-13-14-5-3-7-16(20)11-14/h3-8,11-12H,1-2,9-10,13H2. The van der Waals surface area contributed by atoms with E-state index in [0.29, 0.717) is 23.6 Å². The van der Waals surface area contributed by atoms with E-state index in [0.717, 1.165) is 18.4 Å². The van der Waals surface area contributed by atoms with E-state index < -0.39 is 0 Å². The Hall–Kier alpha value is -1.87. The molecule has 2 nitrogen and oxygen atoms in total. The average Bonchev–Trinajstić information content (AvgIpc) is 2.53. The zero-order valence-electron chi connectivity index (χ0n) is 12.2. The van der Waals surface area contributed by atoms with Crippen molar-refractivity contribution in [2.45, 2.75) is 25.9 Å². The van der Waals surface area contributed by atoms with Gasteiger partial charge in [0.25, 0.3) is 0 Å². The first-order valence-electron chi connectivity index (χ1n) is 7.25. The van der Waals surface area contributed by atoms with Crippen molar-refractivity contribution in [2.24, 2.45) is 0 Å². The summed E-state index contributed by atoms with van der Waals surface area (Å²) in [6.07, 6.45) is 2.11. The van der Waals surface area contributed by atoms with Gasteiger partial charge in [-0.2, -0.15) is 0 Å². The van der Waals surface area contributed by atoms with Crippen LogP contribution in [0.3, 0.4) is 0 Å². The van der Waals surface area contributed by atoms with Crippen LogP contribution in [0.15, 0.2) is 48.5 Å². The number of unbranched alkanes of at least 4 members (excludes halogenated alkanes) is 1. The van der Waals surface area contributed by atoms with Crippen LogP contribution < -0.4 is 4.74 Å². The Bertz CT molecular complexity index is 628. The molecular weight excluding hydrogens is 303 g/mol. The molecule has 2 rings (SSSR count). The molecule has 0 amide bonds. The first kappa shape index (κ1) is 16.5. The molecule has 0 unspecified atom stereocenters. The Morgan fingerprint density at radius 1 is 1.09 bits per heavy atom. The predicted molar refractivity (Wildman–Crippen MR) is 86.1 cm³/mol. The van der Waals surface area contributed by atoms with Gasteiger partial charge in [0.2, 0.25) is 0 Å². The molecule has 0 aliphatic rings. The van der Waals surface area contributed by atoms with Gasteiger partial charge in [-0.05, 0) is 42.7 Å². The highest BCUT2D eigenvalue weighted by molar-refractivity contribution is 6.17. The summed E-state index contributed by atoms with van der Waals surface area (Å²) in [6.45, 7) is 0.266. The molecule has 0 heterocycles. The van der Waals surface area contributed by atoms with Gasteiger partial charge in [-0.15, -0.1) is 11.6 Å². The van der Waals surface area contributed by atoms with E-state index in [4.69, 9.17) is 16.3 Å². The molecule has 0 saturated heterocycles. The van der Waals surface area contributed by atoms with E-state index in [1.807, 2.05) is 0 Å². The summed E-state index contributed by atoms with van der Waals surface area (Å²) in [6, 6.07) is 13.3. The molecule has 0 N–H and O–H groups in total. The zero-order valence-corrected chi connectivity index (χ0v) is 13.0. The van der Waals surface area contributed by atoms with E-state index in [-0.39, 0.29) is 18.2 Å². The lowest BCUT2D eigenvalue weighted by molar-refractivity contribution is 0.0979. The van der Waals surface area contributed by atoms with Crippen molar-refractivity contribution in [1.29, 1.82) is 0 Å². The fourth-order valence-corrected chi connectivity index (χ4v) is 2.27. The largest absolute Gasteiger partial charge is 0.489 e. The van der Waals surface area contributed by atoms with Gasteiger partial charge < -0.3 is 4.74 Å². The monoisotopic (exact) mass is 320 g/mol. The van der Waals surface area contributed by atoms with Crippen molar-refractivity contribution in [2.75, 3.05) is 5.88 Å². The summed E-state index contributed by atoms with van der Waals surface area (Å²) < 4.78 is 18.7. The molecule has 2 aromatic carbocycles. The second-order valence-electron chi connectivity index (χ2n) is 5.02. The number of alkyl halides is 1. The molecule has 0 bridgehead atoms. The van der Waals surface area contributed by atoms with Crippen LogP contribution in [0.4, 0.5) is 4.39 Å². The Morgan fingerprint density at radius 3 is 2.68 bits per heavy atom. The van der Waals surface area contributed by atoms with Crippen molar-refractivity contribution < 1.29 is 13.9 Å². The third kappa shape index (κ3) is 5.15. The molecule has 116 valence electrons. The van der Waals surface area contributed by atoms with Crippen molar-refractivity contribution in [3.8, 4) is 5.75 Å². The summed E-state index contributed by atoms with van der Waals surface area (Å²) in [5.74, 6) is 0.974. The number of hydrogen-bond donors (Lipinski definition) is 0. The number of halogens is 2. The minimum absolute atomic E-state index is 0.0846. The van der Waals surface area contributed by atoms with Crippen LogP contribution in [0.5, 0.6) is 5.75 Å². The summed E-state index contributed by atoms with van der Waals surface area (Å²) >= 11 is 5.61. The fraction of sp³-hybridized carbons (Fsp3) is 0.278. The first-order chi connectivity index (χ1) is 10.7. The van der Waals surface area contributed by atoms with E-state index in [1.54, 1.807) is 36.4 Å². The highest BCUT2D eigenvalue weighted by atomic mass is 35.5. The number of benzene rings is 2. The second-order valence-corrected chi connectivity index (χ2v) is 5.39. The van der Waals surface area contributed by atoms with Crippen LogP contribution in [0.25, 0.3) is 0 Å². The molecule has 0 saturated carbocycles. The Balaban J connectivity index is 1.95. The van der Waals surface area contributed by atoms with E-state index in [2.05, 4.69) is 0 Å². The smallest absolute Gasteiger partial charge is 0.163 e. The van der Waals surface area contributed by atoms with Crippen molar-refractivity contribution in [3.05, 3.63) is 65.5 Å². The maximum Gasteiger partial charge on any atom is 0.163 e. The molecule has 22 heavy (non-hydrogen) atoms. The molecule has 0 spiro atoms. The minimum atomic E-state index is -0.288. The van der Waals surface area contributed by atoms with Gasteiger partial charge in [0.05, 0.1) is 0 Å². The normalized spacial score (nSPS) is 10.5. The van der Waals surface area contributed by atoms with Crippen LogP contribution in [-0.2, 0) is 6.61 Å². The lowest BCUT2D eigenvalue weighted by Gasteiger charge is -2.08. The number of ether oxygens (including phenoxy) is 1. The first-order valence-corrected chi connectivity index (χ1v) is 7.79. The Kier molecular flexibility index (Phi) is 6.41. The van der Waals surface area contributed by atoms with Gasteiger partial charge in [0.1, 0.15) is 18.2 Å². The van der Waals surface area contributed by atoms with Crippen LogP contribution in [0, 0.1) is 5.82 Å². The van der Waals surface area contributed by atoms with Gasteiger partial charge in [-0.1, -0.05) is 24.3 Å². The van der Waals surface area contributed by atoms with Crippen LogP contribution in [0.2, 0.25) is 0 Å². The third-order valence-corrected chi connectivity index (χ3v) is 3.51. The summed E-state index contributed by atoms with van der Waals surface area (Å²) in [4.78, 5) is 12.0. The Morgan fingerprint density at radius 2 is 1.91 bits per heavy atom. The van der Waals surface area contributed by atoms with Gasteiger partial charge in [-0.3, -0.25) is 4.79 Å². The number of hydrogen-bond acceptors (Lipinski definition) is 2. The molecule has 0 aliphatic heterocycles. The number of carbonyl (C=O) groups is 1. The number of carbonyl (C=O) groups excluding carboxylic acids is 1. The SMILES string of the molecule is O=C(CCCCCl)c1cccc(OCc2cccc(F)c2)c1. The fourth-order valence-electron chi connectivity index (χ4n) is 2.08. The quantitative estimate of drug-likeness (QED) is 0.389. The molecular formula is C18H18ClFO2. The van der Waals surface area contributed by atoms with Crippen LogP contribution in [0.1, 0.15) is 35.2 Å². The topological polar surface area (TPSA) is 26.3 Å². The van der Waals surface area contributed by atoms with Crippen molar-refractivity contribution >= 4 is 17.4 Å². The molecule has 0 radical (unpaired) electrons. The van der Waals surface area contributed by atoms with Gasteiger partial charge in [-0.25, -0.2) is 4.39 Å². The second kappa shape index (κ2) is 8.54. The predicted octanol–water partition coefficient (Wildman–Crippen LogP) is 5.00. The highest BCUT2D eigenvalue weighted by Gasteiger charge is 2.07. The Labute approximate surface area is 134 Å². The molecule has 2 aromatic rings. The van der Waals surface area contributed by atoms with E-state index >= 15 is 0 Å². The molecule has 0 aliphatic carbocycles. The number of ketones is 1. The van der Waals surface area contributed by atoms with Crippen molar-refractivity contribution in [1.82, 2.24) is 0 Å². The van der Waals surface area contributed by atoms with Crippen LogP contribution in [-0.4, -0.2) is 11.7 Å². The van der Waals surface area contributed by atoms with Gasteiger partial charge in [0.15, 0.2) is 5.78 Å². The van der Waals surface area contributed by atoms with Crippen LogP contribution >= 0.6 is 11.6 Å². The minimum Gasteiger partial charge on any atom is -0.489 e. The summed E-state index contributed by atoms with van der Waals surface area (Å²) in [5, 5.41) is 0. The molecule has 0 aromatic heterocycles. The maximum absolute atomic E-state index is 13.1. The number of rotatable bonds is 8. The summed E-state index contributed by atoms with van der Waals surface area (Å²) in [5.41, 5.74) is 1.38. The lowest BCUT2D eigenvalue weighted by Crippen LogP contribution is -2.01. The van der Waals surface area contributed by atoms with Gasteiger partial charge in [0, 0.05) is 17.9 Å². The van der Waals surface area contributed by atoms with E-state index in [9.17, 15) is 9.18 Å². The maximum atomic E-state index is 13.1. The van der Waals surface area contributed by atoms with Crippen molar-refractivity contribution in [3.63, 3.8) is 0 Å². The van der Waals surface area contributed by atoms with E-state index in [1.165, 1.54) is 12.1 Å². The highest BCUT2D eigenvalue weighted by Crippen LogP contribution is 2.17. The molecule has 0 atom stereocenters. The summed E-state index contributed by atoms with van der Waals surface area (Å²) in [7, 11) is 0. The van der Waals surface area contributed by atoms with Gasteiger partial charge >= 0.3 is 0 Å². The zero-order chi connectivity index (χ0) is 15.8. The average molecular weight is 321 g/mol. The number of Topliss-reactive ketones (excluding diaryl/α,β-unsaturated/α-hetero) is 1. The third-order valence-electron chi connectivity index (χ3n) is 3.24. The molecule has 0 fully saturated rings.